The lowest BCUT2D eigenvalue weighted by molar-refractivity contribution is -0.142. The Morgan fingerprint density at radius 1 is 1.54 bits per heavy atom. The van der Waals surface area contributed by atoms with E-state index in [1.807, 2.05) is 22.6 Å². The highest BCUT2D eigenvalue weighted by Gasteiger charge is 2.03. The Morgan fingerprint density at radius 3 is 2.62 bits per heavy atom. The Balaban J connectivity index is 3.84. The van der Waals surface area contributed by atoms with Crippen molar-refractivity contribution >= 4 is 34.5 Å². The van der Waals surface area contributed by atoms with Crippen molar-refractivity contribution in [2.45, 2.75) is 19.8 Å². The number of ether oxygens (including phenoxy) is 1. The molecular formula is C8H12INO3. The number of primary amides is 1. The van der Waals surface area contributed by atoms with Crippen LogP contribution >= 0.6 is 22.6 Å². The predicted molar refractivity (Wildman–Crippen MR) is 57.2 cm³/mol. The molecule has 0 aromatic heterocycles. The first-order valence-electron chi connectivity index (χ1n) is 3.84. The molecule has 2 N–H and O–H groups in total. The van der Waals surface area contributed by atoms with Gasteiger partial charge in [-0.25, -0.2) is 0 Å². The maximum Gasteiger partial charge on any atom is 0.310 e. The number of hydrogen-bond donors (Lipinski definition) is 1. The van der Waals surface area contributed by atoms with Gasteiger partial charge in [0.15, 0.2) is 0 Å². The van der Waals surface area contributed by atoms with Gasteiger partial charge in [0.2, 0.25) is 5.91 Å². The molecule has 0 aliphatic heterocycles. The van der Waals surface area contributed by atoms with Gasteiger partial charge in [-0.1, -0.05) is 6.08 Å². The predicted octanol–water partition coefficient (Wildman–Crippen LogP) is 1.13. The van der Waals surface area contributed by atoms with E-state index in [1.54, 1.807) is 13.0 Å². The monoisotopic (exact) mass is 297 g/mol. The van der Waals surface area contributed by atoms with Crippen LogP contribution in [0.2, 0.25) is 0 Å². The lowest BCUT2D eigenvalue weighted by Gasteiger charge is -1.99. The zero-order valence-corrected chi connectivity index (χ0v) is 9.54. The summed E-state index contributed by atoms with van der Waals surface area (Å²) >= 11 is 1.98. The molecule has 0 aliphatic rings. The second kappa shape index (κ2) is 6.88. The Labute approximate surface area is 90.6 Å². The van der Waals surface area contributed by atoms with E-state index in [0.717, 1.165) is 3.58 Å². The number of carbonyl (C=O) groups is 2. The van der Waals surface area contributed by atoms with Crippen molar-refractivity contribution < 1.29 is 14.3 Å². The second-order valence-electron chi connectivity index (χ2n) is 2.30. The van der Waals surface area contributed by atoms with E-state index in [2.05, 4.69) is 0 Å². The molecule has 5 heteroatoms. The largest absolute Gasteiger partial charge is 0.466 e. The van der Waals surface area contributed by atoms with E-state index in [-0.39, 0.29) is 18.8 Å². The van der Waals surface area contributed by atoms with Gasteiger partial charge in [-0.3, -0.25) is 9.59 Å². The number of carbonyl (C=O) groups excluding carboxylic acids is 2. The fraction of sp³-hybridized carbons (Fsp3) is 0.500. The molecule has 0 spiro atoms. The van der Waals surface area contributed by atoms with E-state index in [9.17, 15) is 9.59 Å². The van der Waals surface area contributed by atoms with Crippen LogP contribution in [-0.4, -0.2) is 18.5 Å². The molecule has 0 aromatic carbocycles. The van der Waals surface area contributed by atoms with Crippen LogP contribution in [0.5, 0.6) is 0 Å². The fourth-order valence-electron chi connectivity index (χ4n) is 0.633. The zero-order chi connectivity index (χ0) is 10.3. The van der Waals surface area contributed by atoms with Crippen LogP contribution in [0.15, 0.2) is 9.66 Å². The average Bonchev–Trinajstić information content (AvgIpc) is 2.01. The van der Waals surface area contributed by atoms with Crippen LogP contribution < -0.4 is 5.73 Å². The van der Waals surface area contributed by atoms with Gasteiger partial charge in [-0.05, 0) is 33.1 Å². The van der Waals surface area contributed by atoms with Gasteiger partial charge < -0.3 is 10.5 Å². The molecule has 13 heavy (non-hydrogen) atoms. The molecular weight excluding hydrogens is 285 g/mol. The summed E-state index contributed by atoms with van der Waals surface area (Å²) in [4.78, 5) is 21.3. The van der Waals surface area contributed by atoms with Gasteiger partial charge in [-0.2, -0.15) is 0 Å². The number of rotatable bonds is 5. The SMILES string of the molecule is CCOC(=O)C/C(I)=C/CC(N)=O. The number of halogens is 1. The molecule has 0 aromatic rings. The maximum atomic E-state index is 10.9. The van der Waals surface area contributed by atoms with E-state index >= 15 is 0 Å². The molecule has 0 radical (unpaired) electrons. The Morgan fingerprint density at radius 2 is 2.15 bits per heavy atom. The number of hydrogen-bond acceptors (Lipinski definition) is 3. The minimum atomic E-state index is -0.405. The lowest BCUT2D eigenvalue weighted by atomic mass is 10.3. The van der Waals surface area contributed by atoms with Crippen LogP contribution in [0.3, 0.4) is 0 Å². The van der Waals surface area contributed by atoms with Crippen LogP contribution in [0.25, 0.3) is 0 Å². The molecule has 0 aliphatic carbocycles. The Bertz CT molecular complexity index is 225. The summed E-state index contributed by atoms with van der Waals surface area (Å²) in [6.45, 7) is 2.12. The van der Waals surface area contributed by atoms with E-state index in [1.165, 1.54) is 0 Å². The maximum absolute atomic E-state index is 10.9. The summed E-state index contributed by atoms with van der Waals surface area (Å²) in [5.74, 6) is -0.689. The average molecular weight is 297 g/mol. The molecule has 0 unspecified atom stereocenters. The molecule has 0 bridgehead atoms. The molecule has 4 nitrogen and oxygen atoms in total. The molecule has 0 fully saturated rings. The number of amides is 1. The van der Waals surface area contributed by atoms with Crippen molar-refractivity contribution in [3.8, 4) is 0 Å². The summed E-state index contributed by atoms with van der Waals surface area (Å²) in [7, 11) is 0. The normalized spacial score (nSPS) is 11.1. The summed E-state index contributed by atoms with van der Waals surface area (Å²) in [6, 6.07) is 0. The second-order valence-corrected chi connectivity index (χ2v) is 3.69. The van der Waals surface area contributed by atoms with Gasteiger partial charge in [0, 0.05) is 6.42 Å². The number of esters is 1. The minimum absolute atomic E-state index is 0.164. The molecule has 1 amide bonds. The Kier molecular flexibility index (Phi) is 6.56. The molecule has 74 valence electrons. The summed E-state index contributed by atoms with van der Waals surface area (Å²) in [5, 5.41) is 0. The van der Waals surface area contributed by atoms with Crippen LogP contribution in [0.1, 0.15) is 19.8 Å². The van der Waals surface area contributed by atoms with E-state index in [0.29, 0.717) is 6.61 Å². The topological polar surface area (TPSA) is 69.4 Å². The molecule has 0 heterocycles. The summed E-state index contributed by atoms with van der Waals surface area (Å²) in [6.07, 6.45) is 2.00. The van der Waals surface area contributed by atoms with Crippen LogP contribution in [0.4, 0.5) is 0 Å². The van der Waals surface area contributed by atoms with Crippen LogP contribution in [-0.2, 0) is 14.3 Å². The van der Waals surface area contributed by atoms with Gasteiger partial charge in [0.05, 0.1) is 13.0 Å². The third-order valence-electron chi connectivity index (χ3n) is 1.14. The summed E-state index contributed by atoms with van der Waals surface area (Å²) in [5.41, 5.74) is 4.93. The smallest absolute Gasteiger partial charge is 0.310 e. The van der Waals surface area contributed by atoms with Crippen LogP contribution in [0, 0.1) is 0 Å². The quantitative estimate of drug-likeness (QED) is 0.611. The van der Waals surface area contributed by atoms with E-state index < -0.39 is 5.91 Å². The van der Waals surface area contributed by atoms with Crippen molar-refractivity contribution in [1.29, 1.82) is 0 Å². The first kappa shape index (κ1) is 12.4. The molecule has 0 saturated heterocycles. The van der Waals surface area contributed by atoms with Crippen molar-refractivity contribution in [1.82, 2.24) is 0 Å². The van der Waals surface area contributed by atoms with Crippen molar-refractivity contribution in [3.05, 3.63) is 9.66 Å². The number of nitrogens with two attached hydrogens (primary N) is 1. The third kappa shape index (κ3) is 7.76. The van der Waals surface area contributed by atoms with Gasteiger partial charge in [0.25, 0.3) is 0 Å². The van der Waals surface area contributed by atoms with Crippen molar-refractivity contribution in [2.24, 2.45) is 5.73 Å². The first-order valence-corrected chi connectivity index (χ1v) is 4.92. The standard InChI is InChI=1S/C8H12INO3/c1-2-13-8(12)5-6(9)3-4-7(10)11/h3H,2,4-5H2,1H3,(H2,10,11)/b6-3-. The summed E-state index contributed by atoms with van der Waals surface area (Å²) < 4.78 is 5.49. The van der Waals surface area contributed by atoms with Gasteiger partial charge >= 0.3 is 5.97 Å². The molecule has 0 saturated carbocycles. The third-order valence-corrected chi connectivity index (χ3v) is 1.97. The van der Waals surface area contributed by atoms with Crippen molar-refractivity contribution in [2.75, 3.05) is 6.61 Å². The molecule has 0 atom stereocenters. The highest BCUT2D eigenvalue weighted by Crippen LogP contribution is 2.12. The van der Waals surface area contributed by atoms with E-state index in [4.69, 9.17) is 10.5 Å². The minimum Gasteiger partial charge on any atom is -0.466 e. The van der Waals surface area contributed by atoms with Crippen molar-refractivity contribution in [3.63, 3.8) is 0 Å². The molecule has 0 rings (SSSR count). The zero-order valence-electron chi connectivity index (χ0n) is 7.38. The first-order chi connectivity index (χ1) is 6.06. The lowest BCUT2D eigenvalue weighted by Crippen LogP contribution is -2.09. The highest BCUT2D eigenvalue weighted by atomic mass is 127. The Hall–Kier alpha value is -0.590. The van der Waals surface area contributed by atoms with Gasteiger partial charge in [0.1, 0.15) is 0 Å². The fourth-order valence-corrected chi connectivity index (χ4v) is 1.17. The van der Waals surface area contributed by atoms with Gasteiger partial charge in [-0.15, -0.1) is 0 Å². The highest BCUT2D eigenvalue weighted by molar-refractivity contribution is 14.1.